The lowest BCUT2D eigenvalue weighted by Gasteiger charge is -2.09. The molecule has 3 aromatic heterocycles. The summed E-state index contributed by atoms with van der Waals surface area (Å²) in [6, 6.07) is 22.5. The number of carboxylic acid groups (broad SMARTS) is 3. The van der Waals surface area contributed by atoms with Gasteiger partial charge in [-0.25, -0.2) is 19.4 Å². The highest BCUT2D eigenvalue weighted by Gasteiger charge is 2.39. The number of aromatic nitrogens is 4. The molecule has 0 fully saturated rings. The zero-order chi connectivity index (χ0) is 38.6. The molecule has 0 saturated carbocycles. The number of imidazole rings is 1. The Balaban J connectivity index is 0.000000352. The second-order valence-electron chi connectivity index (χ2n) is 9.74. The molecule has 6 N–H and O–H groups in total. The number of nitrogens with zero attached hydrogens (tertiary/aromatic N) is 3. The van der Waals surface area contributed by atoms with Crippen molar-refractivity contribution in [1.82, 2.24) is 19.9 Å². The molecule has 0 saturated heterocycles. The molecule has 0 spiro atoms. The van der Waals surface area contributed by atoms with E-state index in [1.807, 2.05) is 30.3 Å². The fourth-order valence-corrected chi connectivity index (χ4v) is 3.66. The van der Waals surface area contributed by atoms with E-state index in [2.05, 4.69) is 51.4 Å². The maximum atomic E-state index is 10.6. The van der Waals surface area contributed by atoms with E-state index in [1.54, 1.807) is 24.8 Å². The summed E-state index contributed by atoms with van der Waals surface area (Å²) in [5, 5.41) is 21.4. The molecule has 20 heteroatoms. The molecule has 5 rings (SSSR count). The monoisotopic (exact) mass is 733 g/mol. The highest BCUT2D eigenvalue weighted by molar-refractivity contribution is 5.82. The minimum atomic E-state index is -5.08. The lowest BCUT2D eigenvalue weighted by Crippen LogP contribution is -2.21. The number of halogens is 9. The topological polar surface area (TPSA) is 192 Å². The van der Waals surface area contributed by atoms with Crippen LogP contribution in [0.1, 0.15) is 17.4 Å². The molecule has 11 nitrogen and oxygen atoms in total. The van der Waals surface area contributed by atoms with E-state index in [4.69, 9.17) is 40.4 Å². The van der Waals surface area contributed by atoms with Gasteiger partial charge in [0, 0.05) is 24.8 Å². The second kappa shape index (κ2) is 17.6. The number of pyridine rings is 2. The third-order valence-corrected chi connectivity index (χ3v) is 6.02. The predicted octanol–water partition coefficient (Wildman–Crippen LogP) is 6.83. The van der Waals surface area contributed by atoms with Gasteiger partial charge >= 0.3 is 36.4 Å². The Morgan fingerprint density at radius 3 is 1.35 bits per heavy atom. The van der Waals surface area contributed by atoms with E-state index in [1.165, 1.54) is 11.1 Å². The minimum absolute atomic E-state index is 0.200. The molecule has 1 atom stereocenters. The molecule has 0 amide bonds. The molecule has 0 aliphatic heterocycles. The molecule has 0 aliphatic rings. The standard InChI is InChI=1S/C25H21N5.3C2HF3O2/c26-22(15-17-1-3-18(4-2-17)19-7-11-27-12-8-19)25-29-23-6-5-21(16-24(23)30-25)20-9-13-28-14-10-20;3*3-2(4,5)1(6)7/h1-14,16,22H,15,26H2,(H,29,30);3*(H,6,7). The van der Waals surface area contributed by atoms with Gasteiger partial charge in [0.05, 0.1) is 17.1 Å². The molecular formula is C31H24F9N5O6. The number of carbonyl (C=O) groups is 3. The van der Waals surface area contributed by atoms with Crippen LogP contribution in [0.25, 0.3) is 33.3 Å². The summed E-state index contributed by atoms with van der Waals surface area (Å²) >= 11 is 0. The average Bonchev–Trinajstić information content (AvgIpc) is 3.49. The van der Waals surface area contributed by atoms with Crippen LogP contribution in [0.4, 0.5) is 39.5 Å². The lowest BCUT2D eigenvalue weighted by atomic mass is 10.0. The number of benzene rings is 2. The molecule has 1 unspecified atom stereocenters. The predicted molar refractivity (Wildman–Crippen MR) is 161 cm³/mol. The molecule has 51 heavy (non-hydrogen) atoms. The Morgan fingerprint density at radius 1 is 0.608 bits per heavy atom. The summed E-state index contributed by atoms with van der Waals surface area (Å²) in [7, 11) is 0. The van der Waals surface area contributed by atoms with Crippen molar-refractivity contribution in [3.05, 3.63) is 103 Å². The van der Waals surface area contributed by atoms with Gasteiger partial charge in [-0.05, 0) is 70.6 Å². The van der Waals surface area contributed by atoms with Crippen LogP contribution in [-0.4, -0.2) is 71.7 Å². The van der Waals surface area contributed by atoms with Gasteiger partial charge in [-0.3, -0.25) is 9.97 Å². The van der Waals surface area contributed by atoms with Crippen LogP contribution >= 0.6 is 0 Å². The Morgan fingerprint density at radius 2 is 0.961 bits per heavy atom. The Hall–Kier alpha value is -6.05. The van der Waals surface area contributed by atoms with Crippen molar-refractivity contribution >= 4 is 28.9 Å². The summed E-state index contributed by atoms with van der Waals surface area (Å²) in [6.07, 6.45) is -7.32. The number of carboxylic acids is 3. The molecule has 2 aromatic carbocycles. The first-order valence-corrected chi connectivity index (χ1v) is 13.6. The summed E-state index contributed by atoms with van der Waals surface area (Å²) in [5.74, 6) is -7.47. The lowest BCUT2D eigenvalue weighted by molar-refractivity contribution is -0.193. The van der Waals surface area contributed by atoms with Crippen LogP contribution in [-0.2, 0) is 20.8 Å². The van der Waals surface area contributed by atoms with Crippen LogP contribution in [0.5, 0.6) is 0 Å². The van der Waals surface area contributed by atoms with Gasteiger partial charge in [0.15, 0.2) is 0 Å². The van der Waals surface area contributed by atoms with E-state index < -0.39 is 36.4 Å². The number of fused-ring (bicyclic) bond motifs is 1. The first kappa shape index (κ1) is 41.1. The molecule has 3 heterocycles. The fraction of sp³-hybridized carbons (Fsp3) is 0.161. The van der Waals surface area contributed by atoms with Gasteiger partial charge in [0.2, 0.25) is 0 Å². The Bertz CT molecular complexity index is 1830. The fourth-order valence-electron chi connectivity index (χ4n) is 3.66. The van der Waals surface area contributed by atoms with Crippen LogP contribution in [0.3, 0.4) is 0 Å². The number of nitrogens with one attached hydrogen (secondary N) is 1. The highest BCUT2D eigenvalue weighted by Crippen LogP contribution is 2.25. The summed E-state index contributed by atoms with van der Waals surface area (Å²) in [5.41, 5.74) is 14.1. The van der Waals surface area contributed by atoms with Crippen molar-refractivity contribution < 1.29 is 69.2 Å². The Kier molecular flexibility index (Phi) is 14.2. The van der Waals surface area contributed by atoms with Crippen molar-refractivity contribution in [2.24, 2.45) is 5.73 Å². The zero-order valence-electron chi connectivity index (χ0n) is 25.3. The quantitative estimate of drug-likeness (QED) is 0.120. The number of rotatable bonds is 5. The smallest absolute Gasteiger partial charge is 0.475 e. The maximum Gasteiger partial charge on any atom is 0.490 e. The van der Waals surface area contributed by atoms with E-state index in [-0.39, 0.29) is 6.04 Å². The van der Waals surface area contributed by atoms with E-state index in [0.29, 0.717) is 6.42 Å². The van der Waals surface area contributed by atoms with Crippen molar-refractivity contribution in [3.8, 4) is 22.3 Å². The maximum absolute atomic E-state index is 10.6. The van der Waals surface area contributed by atoms with Crippen LogP contribution in [0.2, 0.25) is 0 Å². The number of alkyl halides is 9. The van der Waals surface area contributed by atoms with Gasteiger partial charge in [-0.15, -0.1) is 0 Å². The average molecular weight is 734 g/mol. The molecule has 0 radical (unpaired) electrons. The van der Waals surface area contributed by atoms with Crippen molar-refractivity contribution in [2.45, 2.75) is 31.0 Å². The zero-order valence-corrected chi connectivity index (χ0v) is 25.3. The number of hydrogen-bond donors (Lipinski definition) is 5. The number of aliphatic carboxylic acids is 3. The third kappa shape index (κ3) is 13.8. The van der Waals surface area contributed by atoms with Crippen LogP contribution in [0.15, 0.2) is 91.5 Å². The van der Waals surface area contributed by atoms with Gasteiger partial charge in [-0.1, -0.05) is 30.3 Å². The van der Waals surface area contributed by atoms with Crippen molar-refractivity contribution in [3.63, 3.8) is 0 Å². The first-order valence-electron chi connectivity index (χ1n) is 13.6. The Labute approximate surface area is 280 Å². The van der Waals surface area contributed by atoms with Gasteiger partial charge in [-0.2, -0.15) is 39.5 Å². The number of hydrogen-bond acceptors (Lipinski definition) is 7. The number of nitrogens with two attached hydrogens (primary N) is 1. The molecular weight excluding hydrogens is 709 g/mol. The van der Waals surface area contributed by atoms with Crippen molar-refractivity contribution in [2.75, 3.05) is 0 Å². The third-order valence-electron chi connectivity index (χ3n) is 6.02. The second-order valence-corrected chi connectivity index (χ2v) is 9.74. The minimum Gasteiger partial charge on any atom is -0.475 e. The molecule has 272 valence electrons. The van der Waals surface area contributed by atoms with Gasteiger partial charge in [0.25, 0.3) is 0 Å². The number of H-pyrrole nitrogens is 1. The first-order chi connectivity index (χ1) is 23.6. The molecule has 0 bridgehead atoms. The van der Waals surface area contributed by atoms with Gasteiger partial charge in [0.1, 0.15) is 5.82 Å². The van der Waals surface area contributed by atoms with E-state index in [0.717, 1.165) is 33.5 Å². The summed E-state index contributed by atoms with van der Waals surface area (Å²) < 4.78 is 95.2. The SMILES string of the molecule is NC(Cc1ccc(-c2ccncc2)cc1)c1nc2ccc(-c3ccncc3)cc2[nH]1.O=C(O)C(F)(F)F.O=C(O)C(F)(F)F.O=C(O)C(F)(F)F. The van der Waals surface area contributed by atoms with Crippen molar-refractivity contribution in [1.29, 1.82) is 0 Å². The summed E-state index contributed by atoms with van der Waals surface area (Å²) in [6.45, 7) is 0. The molecule has 5 aromatic rings. The van der Waals surface area contributed by atoms with E-state index in [9.17, 15) is 39.5 Å². The highest BCUT2D eigenvalue weighted by atomic mass is 19.4. The van der Waals surface area contributed by atoms with Gasteiger partial charge < -0.3 is 26.0 Å². The molecule has 0 aliphatic carbocycles. The largest absolute Gasteiger partial charge is 0.490 e. The van der Waals surface area contributed by atoms with Crippen LogP contribution in [0, 0.1) is 0 Å². The number of aromatic amines is 1. The summed E-state index contributed by atoms with van der Waals surface area (Å²) in [4.78, 5) is 43.0. The van der Waals surface area contributed by atoms with E-state index >= 15 is 0 Å². The van der Waals surface area contributed by atoms with Crippen LogP contribution < -0.4 is 5.73 Å². The normalized spacial score (nSPS) is 11.8.